The summed E-state index contributed by atoms with van der Waals surface area (Å²) in [6, 6.07) is 17.0. The molecule has 0 amide bonds. The van der Waals surface area contributed by atoms with Crippen molar-refractivity contribution in [3.05, 3.63) is 94.6 Å². The van der Waals surface area contributed by atoms with Gasteiger partial charge in [0.1, 0.15) is 17.3 Å². The van der Waals surface area contributed by atoms with Crippen LogP contribution in [0.2, 0.25) is 0 Å². The summed E-state index contributed by atoms with van der Waals surface area (Å²) in [4.78, 5) is 12.6. The first-order chi connectivity index (χ1) is 15.0. The van der Waals surface area contributed by atoms with Crippen LogP contribution >= 0.6 is 0 Å². The van der Waals surface area contributed by atoms with Crippen molar-refractivity contribution in [1.82, 2.24) is 19.6 Å². The third-order valence-electron chi connectivity index (χ3n) is 5.35. The van der Waals surface area contributed by atoms with Gasteiger partial charge in [-0.05, 0) is 54.5 Å². The summed E-state index contributed by atoms with van der Waals surface area (Å²) in [5.41, 5.74) is 5.25. The molecule has 5 rings (SSSR count). The molecule has 31 heavy (non-hydrogen) atoms. The van der Waals surface area contributed by atoms with E-state index in [9.17, 15) is 9.18 Å². The fourth-order valence-electron chi connectivity index (χ4n) is 3.80. The van der Waals surface area contributed by atoms with Crippen LogP contribution in [0.15, 0.2) is 77.6 Å². The monoisotopic (exact) mass is 413 g/mol. The number of aromatic nitrogens is 4. The van der Waals surface area contributed by atoms with Crippen LogP contribution in [-0.2, 0) is 6.54 Å². The van der Waals surface area contributed by atoms with Gasteiger partial charge >= 0.3 is 0 Å². The van der Waals surface area contributed by atoms with Crippen molar-refractivity contribution < 1.29 is 4.39 Å². The average Bonchev–Trinajstić information content (AvgIpc) is 3.14. The summed E-state index contributed by atoms with van der Waals surface area (Å²) < 4.78 is 16.8. The average molecular weight is 413 g/mol. The number of benzene rings is 2. The minimum absolute atomic E-state index is 0.219. The molecule has 0 unspecified atom stereocenters. The van der Waals surface area contributed by atoms with E-state index in [1.54, 1.807) is 18.2 Å². The van der Waals surface area contributed by atoms with Crippen molar-refractivity contribution in [3.8, 4) is 28.2 Å². The van der Waals surface area contributed by atoms with Gasteiger partial charge in [-0.1, -0.05) is 24.8 Å². The molecule has 2 aromatic carbocycles. The van der Waals surface area contributed by atoms with Crippen LogP contribution in [0.3, 0.4) is 0 Å². The summed E-state index contributed by atoms with van der Waals surface area (Å²) >= 11 is 0. The predicted molar refractivity (Wildman–Crippen MR) is 119 cm³/mol. The first-order valence-electron chi connectivity index (χ1n) is 9.95. The van der Waals surface area contributed by atoms with Gasteiger partial charge in [-0.25, -0.2) is 9.07 Å². The standard InChI is InChI=1S/C24H20FN5O/c1-15-13-26-24-22(23(28-29(24)14-15)17-7-9-18(25)10-8-17)19-11-12-21(31)30(27-19)20-6-4-3-5-16(20)2/h3-12,26H,1,13-14H2,2H3. The maximum Gasteiger partial charge on any atom is 0.271 e. The Hall–Kier alpha value is -4.00. The highest BCUT2D eigenvalue weighted by Gasteiger charge is 2.25. The van der Waals surface area contributed by atoms with Gasteiger partial charge in [0.15, 0.2) is 0 Å². The lowest BCUT2D eigenvalue weighted by Gasteiger charge is -2.19. The van der Waals surface area contributed by atoms with E-state index in [2.05, 4.69) is 11.9 Å². The van der Waals surface area contributed by atoms with Gasteiger partial charge in [0.25, 0.3) is 5.56 Å². The molecule has 3 heterocycles. The van der Waals surface area contributed by atoms with Crippen molar-refractivity contribution >= 4 is 5.82 Å². The van der Waals surface area contributed by atoms with Gasteiger partial charge in [0.05, 0.1) is 23.5 Å². The summed E-state index contributed by atoms with van der Waals surface area (Å²) in [5, 5.41) is 12.8. The van der Waals surface area contributed by atoms with E-state index in [-0.39, 0.29) is 11.4 Å². The predicted octanol–water partition coefficient (Wildman–Crippen LogP) is 4.19. The third kappa shape index (κ3) is 3.34. The van der Waals surface area contributed by atoms with Crippen LogP contribution in [0.5, 0.6) is 0 Å². The van der Waals surface area contributed by atoms with Gasteiger partial charge in [0.2, 0.25) is 0 Å². The Kier molecular flexibility index (Phi) is 4.51. The quantitative estimate of drug-likeness (QED) is 0.512. The molecule has 0 spiro atoms. The van der Waals surface area contributed by atoms with Gasteiger partial charge in [-0.15, -0.1) is 0 Å². The Bertz CT molecular complexity index is 1370. The van der Waals surface area contributed by atoms with Crippen molar-refractivity contribution in [2.45, 2.75) is 13.5 Å². The smallest absolute Gasteiger partial charge is 0.271 e. The fourth-order valence-corrected chi connectivity index (χ4v) is 3.80. The number of hydrogen-bond donors (Lipinski definition) is 1. The van der Waals surface area contributed by atoms with E-state index in [1.165, 1.54) is 22.9 Å². The topological polar surface area (TPSA) is 64.7 Å². The Morgan fingerprint density at radius 2 is 1.81 bits per heavy atom. The molecular formula is C24H20FN5O. The molecule has 154 valence electrons. The summed E-state index contributed by atoms with van der Waals surface area (Å²) in [5.74, 6) is 0.487. The number of aryl methyl sites for hydroxylation is 1. The van der Waals surface area contributed by atoms with E-state index < -0.39 is 0 Å². The Balaban J connectivity index is 1.74. The van der Waals surface area contributed by atoms with Gasteiger partial charge < -0.3 is 5.32 Å². The molecule has 0 saturated carbocycles. The van der Waals surface area contributed by atoms with E-state index in [1.807, 2.05) is 35.9 Å². The SMILES string of the molecule is C=C1CNc2c(-c3ccc(=O)n(-c4ccccc4C)n3)c(-c3ccc(F)cc3)nn2C1. The Morgan fingerprint density at radius 1 is 1.03 bits per heavy atom. The largest absolute Gasteiger partial charge is 0.366 e. The van der Waals surface area contributed by atoms with Crippen LogP contribution in [-0.4, -0.2) is 26.1 Å². The highest BCUT2D eigenvalue weighted by molar-refractivity contribution is 5.87. The normalized spacial score (nSPS) is 13.0. The Labute approximate surface area is 178 Å². The molecule has 1 aliphatic rings. The van der Waals surface area contributed by atoms with Crippen molar-refractivity contribution in [2.75, 3.05) is 11.9 Å². The zero-order valence-electron chi connectivity index (χ0n) is 17.0. The summed E-state index contributed by atoms with van der Waals surface area (Å²) in [7, 11) is 0. The maximum absolute atomic E-state index is 13.5. The minimum atomic E-state index is -0.313. The summed E-state index contributed by atoms with van der Waals surface area (Å²) in [6.45, 7) is 7.19. The zero-order valence-corrected chi connectivity index (χ0v) is 17.0. The van der Waals surface area contributed by atoms with Gasteiger partial charge in [0, 0.05) is 18.2 Å². The molecule has 6 nitrogen and oxygen atoms in total. The first kappa shape index (κ1) is 19.0. The number of hydrogen-bond acceptors (Lipinski definition) is 4. The second-order valence-corrected chi connectivity index (χ2v) is 7.60. The highest BCUT2D eigenvalue weighted by atomic mass is 19.1. The van der Waals surface area contributed by atoms with Gasteiger partial charge in [-0.2, -0.15) is 14.9 Å². The van der Waals surface area contributed by atoms with Crippen molar-refractivity contribution in [3.63, 3.8) is 0 Å². The number of nitrogens with one attached hydrogen (secondary N) is 1. The van der Waals surface area contributed by atoms with Crippen molar-refractivity contribution in [1.29, 1.82) is 0 Å². The lowest BCUT2D eigenvalue weighted by molar-refractivity contribution is 0.628. The van der Waals surface area contributed by atoms with Crippen LogP contribution in [0, 0.1) is 12.7 Å². The lowest BCUT2D eigenvalue weighted by Crippen LogP contribution is -2.22. The zero-order chi connectivity index (χ0) is 21.5. The molecule has 7 heteroatoms. The molecule has 0 atom stereocenters. The minimum Gasteiger partial charge on any atom is -0.366 e. The first-order valence-corrected chi connectivity index (χ1v) is 9.95. The molecule has 0 aliphatic carbocycles. The molecule has 0 fully saturated rings. The maximum atomic E-state index is 13.5. The number of rotatable bonds is 3. The van der Waals surface area contributed by atoms with Crippen LogP contribution < -0.4 is 10.9 Å². The second kappa shape index (κ2) is 7.36. The fraction of sp³-hybridized carbons (Fsp3) is 0.125. The highest BCUT2D eigenvalue weighted by Crippen LogP contribution is 2.38. The number of fused-ring (bicyclic) bond motifs is 1. The van der Waals surface area contributed by atoms with Crippen LogP contribution in [0.1, 0.15) is 5.56 Å². The molecule has 0 saturated heterocycles. The second-order valence-electron chi connectivity index (χ2n) is 7.60. The number of nitrogens with zero attached hydrogens (tertiary/aromatic N) is 4. The van der Waals surface area contributed by atoms with E-state index in [0.29, 0.717) is 24.5 Å². The van der Waals surface area contributed by atoms with Crippen molar-refractivity contribution in [2.24, 2.45) is 0 Å². The van der Waals surface area contributed by atoms with E-state index in [4.69, 9.17) is 10.2 Å². The third-order valence-corrected chi connectivity index (χ3v) is 5.35. The summed E-state index contributed by atoms with van der Waals surface area (Å²) in [6.07, 6.45) is 0. The molecule has 0 bridgehead atoms. The van der Waals surface area contributed by atoms with E-state index >= 15 is 0 Å². The molecule has 1 aliphatic heterocycles. The number of para-hydroxylation sites is 1. The number of anilines is 1. The molecule has 4 aromatic rings. The molecule has 0 radical (unpaired) electrons. The Morgan fingerprint density at radius 3 is 2.58 bits per heavy atom. The lowest BCUT2D eigenvalue weighted by atomic mass is 10.0. The molecular weight excluding hydrogens is 393 g/mol. The molecule has 1 N–H and O–H groups in total. The van der Waals surface area contributed by atoms with Crippen LogP contribution in [0.4, 0.5) is 10.2 Å². The van der Waals surface area contributed by atoms with E-state index in [0.717, 1.165) is 33.8 Å². The van der Waals surface area contributed by atoms with Gasteiger partial charge in [-0.3, -0.25) is 4.79 Å². The molecule has 2 aromatic heterocycles. The van der Waals surface area contributed by atoms with Crippen LogP contribution in [0.25, 0.3) is 28.2 Å². The number of halogens is 1.